The van der Waals surface area contributed by atoms with Crippen molar-refractivity contribution in [2.45, 2.75) is 51.1 Å². The van der Waals surface area contributed by atoms with Crippen molar-refractivity contribution in [3.63, 3.8) is 0 Å². The first-order valence-corrected chi connectivity index (χ1v) is 6.46. The maximum Gasteiger partial charge on any atom is 0.325 e. The molecule has 1 saturated carbocycles. The Morgan fingerprint density at radius 2 is 2.18 bits per heavy atom. The van der Waals surface area contributed by atoms with Crippen LogP contribution in [0.5, 0.6) is 0 Å². The molecule has 0 aromatic heterocycles. The predicted octanol–water partition coefficient (Wildman–Crippen LogP) is 1.39. The van der Waals surface area contributed by atoms with Crippen molar-refractivity contribution in [2.75, 3.05) is 20.7 Å². The van der Waals surface area contributed by atoms with E-state index in [1.165, 1.54) is 20.0 Å². The van der Waals surface area contributed by atoms with Gasteiger partial charge in [-0.05, 0) is 59.0 Å². The van der Waals surface area contributed by atoms with Crippen LogP contribution in [-0.2, 0) is 9.53 Å². The van der Waals surface area contributed by atoms with Crippen molar-refractivity contribution in [1.82, 2.24) is 4.90 Å². The summed E-state index contributed by atoms with van der Waals surface area (Å²) < 4.78 is 4.69. The molecule has 1 fully saturated rings. The minimum Gasteiger partial charge on any atom is -0.468 e. The summed E-state index contributed by atoms with van der Waals surface area (Å²) in [6, 6.07) is 0.650. The molecule has 1 rings (SSSR count). The Bertz CT molecular complexity index is 262. The molecule has 0 aromatic carbocycles. The monoisotopic (exact) mass is 242 g/mol. The molecule has 17 heavy (non-hydrogen) atoms. The molecule has 0 aliphatic heterocycles. The Morgan fingerprint density at radius 3 is 2.65 bits per heavy atom. The summed E-state index contributed by atoms with van der Waals surface area (Å²) in [5, 5.41) is 0. The Labute approximate surface area is 104 Å². The first-order chi connectivity index (χ1) is 7.88. The van der Waals surface area contributed by atoms with E-state index in [-0.39, 0.29) is 5.97 Å². The molecule has 1 aliphatic carbocycles. The average molecular weight is 242 g/mol. The topological polar surface area (TPSA) is 55.6 Å². The van der Waals surface area contributed by atoms with Gasteiger partial charge in [0.2, 0.25) is 0 Å². The molecule has 0 heterocycles. The highest BCUT2D eigenvalue weighted by atomic mass is 16.5. The van der Waals surface area contributed by atoms with Gasteiger partial charge in [-0.3, -0.25) is 4.79 Å². The van der Waals surface area contributed by atoms with Gasteiger partial charge in [-0.2, -0.15) is 0 Å². The summed E-state index contributed by atoms with van der Waals surface area (Å²) in [7, 11) is 3.53. The Morgan fingerprint density at radius 1 is 1.59 bits per heavy atom. The normalized spacial score (nSPS) is 21.1. The van der Waals surface area contributed by atoms with Crippen LogP contribution in [-0.4, -0.2) is 43.2 Å². The second kappa shape index (κ2) is 5.83. The molecule has 4 nitrogen and oxygen atoms in total. The van der Waals surface area contributed by atoms with E-state index in [0.29, 0.717) is 12.5 Å². The predicted molar refractivity (Wildman–Crippen MR) is 68.7 cm³/mol. The van der Waals surface area contributed by atoms with Crippen LogP contribution >= 0.6 is 0 Å². The zero-order chi connectivity index (χ0) is 13.1. The lowest BCUT2D eigenvalue weighted by Crippen LogP contribution is -2.46. The Balaban J connectivity index is 2.24. The van der Waals surface area contributed by atoms with Crippen molar-refractivity contribution in [1.29, 1.82) is 0 Å². The fourth-order valence-corrected chi connectivity index (χ4v) is 2.17. The summed E-state index contributed by atoms with van der Waals surface area (Å²) in [5.74, 6) is 0.556. The number of esters is 1. The van der Waals surface area contributed by atoms with Gasteiger partial charge in [0.15, 0.2) is 0 Å². The highest BCUT2D eigenvalue weighted by molar-refractivity contribution is 5.79. The van der Waals surface area contributed by atoms with Crippen molar-refractivity contribution >= 4 is 5.97 Å². The zero-order valence-electron chi connectivity index (χ0n) is 11.5. The molecule has 0 radical (unpaired) electrons. The highest BCUT2D eigenvalue weighted by Gasteiger charge is 2.31. The molecule has 2 atom stereocenters. The number of nitrogens with two attached hydrogens (primary N) is 1. The van der Waals surface area contributed by atoms with Crippen LogP contribution < -0.4 is 5.73 Å². The smallest absolute Gasteiger partial charge is 0.325 e. The molecule has 2 unspecified atom stereocenters. The van der Waals surface area contributed by atoms with Crippen LogP contribution in [0.25, 0.3) is 0 Å². The zero-order valence-corrected chi connectivity index (χ0v) is 11.5. The minimum atomic E-state index is -0.849. The molecule has 0 amide bonds. The number of hydrogen-bond donors (Lipinski definition) is 1. The number of methoxy groups -OCH3 is 1. The van der Waals surface area contributed by atoms with E-state index < -0.39 is 5.54 Å². The van der Waals surface area contributed by atoms with Gasteiger partial charge >= 0.3 is 5.97 Å². The van der Waals surface area contributed by atoms with Gasteiger partial charge in [0.05, 0.1) is 7.11 Å². The van der Waals surface area contributed by atoms with E-state index >= 15 is 0 Å². The largest absolute Gasteiger partial charge is 0.468 e. The SMILES string of the molecule is COC(=O)C(C)(N)CCCN(C)C(C)C1CC1. The highest BCUT2D eigenvalue weighted by Crippen LogP contribution is 2.34. The molecule has 4 heteroatoms. The lowest BCUT2D eigenvalue weighted by molar-refractivity contribution is -0.146. The summed E-state index contributed by atoms with van der Waals surface area (Å²) in [5.41, 5.74) is 5.06. The van der Waals surface area contributed by atoms with Crippen molar-refractivity contribution < 1.29 is 9.53 Å². The summed E-state index contributed by atoms with van der Waals surface area (Å²) in [6.45, 7) is 5.00. The van der Waals surface area contributed by atoms with Gasteiger partial charge in [-0.15, -0.1) is 0 Å². The summed E-state index contributed by atoms with van der Waals surface area (Å²) in [4.78, 5) is 13.8. The number of hydrogen-bond acceptors (Lipinski definition) is 4. The van der Waals surface area contributed by atoms with Gasteiger partial charge in [0.25, 0.3) is 0 Å². The van der Waals surface area contributed by atoms with E-state index in [4.69, 9.17) is 10.5 Å². The van der Waals surface area contributed by atoms with E-state index in [0.717, 1.165) is 18.9 Å². The molecular weight excluding hydrogens is 216 g/mol. The first-order valence-electron chi connectivity index (χ1n) is 6.46. The number of carbonyl (C=O) groups excluding carboxylic acids is 1. The van der Waals surface area contributed by atoms with Crippen LogP contribution in [0.3, 0.4) is 0 Å². The summed E-state index contributed by atoms with van der Waals surface area (Å²) in [6.07, 6.45) is 4.32. The Kier molecular flexibility index (Phi) is 4.95. The van der Waals surface area contributed by atoms with E-state index in [2.05, 4.69) is 18.9 Å². The molecule has 1 aliphatic rings. The standard InChI is InChI=1S/C13H26N2O2/c1-10(11-6-7-11)15(3)9-5-8-13(2,14)12(16)17-4/h10-11H,5-9,14H2,1-4H3. The molecule has 100 valence electrons. The average Bonchev–Trinajstić information content (AvgIpc) is 3.10. The van der Waals surface area contributed by atoms with Gasteiger partial charge in [-0.25, -0.2) is 0 Å². The maximum absolute atomic E-state index is 11.4. The number of carbonyl (C=O) groups is 1. The molecule has 0 aromatic rings. The van der Waals surface area contributed by atoms with Gasteiger partial charge in [0.1, 0.15) is 5.54 Å². The van der Waals surface area contributed by atoms with Crippen LogP contribution in [0.4, 0.5) is 0 Å². The second-order valence-corrected chi connectivity index (χ2v) is 5.57. The van der Waals surface area contributed by atoms with E-state index in [9.17, 15) is 4.79 Å². The van der Waals surface area contributed by atoms with Gasteiger partial charge in [-0.1, -0.05) is 0 Å². The fourth-order valence-electron chi connectivity index (χ4n) is 2.17. The minimum absolute atomic E-state index is 0.324. The van der Waals surface area contributed by atoms with Crippen LogP contribution in [0, 0.1) is 5.92 Å². The third-order valence-electron chi connectivity index (χ3n) is 3.86. The van der Waals surface area contributed by atoms with E-state index in [1.54, 1.807) is 6.92 Å². The quantitative estimate of drug-likeness (QED) is 0.685. The van der Waals surface area contributed by atoms with Crippen molar-refractivity contribution in [3.05, 3.63) is 0 Å². The summed E-state index contributed by atoms with van der Waals surface area (Å²) >= 11 is 0. The second-order valence-electron chi connectivity index (χ2n) is 5.57. The lowest BCUT2D eigenvalue weighted by Gasteiger charge is -2.27. The van der Waals surface area contributed by atoms with Crippen molar-refractivity contribution in [2.24, 2.45) is 11.7 Å². The lowest BCUT2D eigenvalue weighted by atomic mass is 9.97. The van der Waals surface area contributed by atoms with Crippen molar-refractivity contribution in [3.8, 4) is 0 Å². The Hall–Kier alpha value is -0.610. The van der Waals surface area contributed by atoms with E-state index in [1.807, 2.05) is 0 Å². The molecule has 0 bridgehead atoms. The van der Waals surface area contributed by atoms with Crippen LogP contribution in [0.2, 0.25) is 0 Å². The molecule has 2 N–H and O–H groups in total. The molecule has 0 spiro atoms. The number of ether oxygens (including phenoxy) is 1. The maximum atomic E-state index is 11.4. The fraction of sp³-hybridized carbons (Fsp3) is 0.923. The molecular formula is C13H26N2O2. The van der Waals surface area contributed by atoms with Gasteiger partial charge in [0, 0.05) is 6.04 Å². The third-order valence-corrected chi connectivity index (χ3v) is 3.86. The number of nitrogens with zero attached hydrogens (tertiary/aromatic N) is 1. The van der Waals surface area contributed by atoms with Crippen LogP contribution in [0.1, 0.15) is 39.5 Å². The first kappa shape index (κ1) is 14.5. The third kappa shape index (κ3) is 4.28. The number of rotatable bonds is 7. The molecule has 0 saturated heterocycles. The van der Waals surface area contributed by atoms with Crippen LogP contribution in [0.15, 0.2) is 0 Å². The van der Waals surface area contributed by atoms with Gasteiger partial charge < -0.3 is 15.4 Å².